The van der Waals surface area contributed by atoms with E-state index in [-0.39, 0.29) is 24.8 Å². The van der Waals surface area contributed by atoms with Crippen molar-refractivity contribution in [1.29, 1.82) is 0 Å². The molecule has 1 N–H and O–H groups in total. The molecule has 1 atom stereocenters. The molecule has 0 aliphatic rings. The number of carbonyl (C=O) groups excluding carboxylic acids is 2. The van der Waals surface area contributed by atoms with Gasteiger partial charge in [0.25, 0.3) is 0 Å². The SMILES string of the molecule is CNC(=O)C(Cc1ccccc1)N(Cc1ccccc1F)C(=O)CCSc1ccc(Cl)cc1. The molecule has 2 amide bonds. The first-order chi connectivity index (χ1) is 16.0. The average Bonchev–Trinajstić information content (AvgIpc) is 2.83. The molecule has 4 nitrogen and oxygen atoms in total. The number of amides is 2. The molecule has 1 unspecified atom stereocenters. The first-order valence-corrected chi connectivity index (χ1v) is 12.0. The predicted molar refractivity (Wildman–Crippen MR) is 132 cm³/mol. The van der Waals surface area contributed by atoms with E-state index in [4.69, 9.17) is 11.6 Å². The first-order valence-electron chi connectivity index (χ1n) is 10.6. The van der Waals surface area contributed by atoms with Crippen LogP contribution in [0, 0.1) is 5.82 Å². The molecule has 0 fully saturated rings. The Morgan fingerprint density at radius 1 is 1.00 bits per heavy atom. The van der Waals surface area contributed by atoms with Crippen LogP contribution in [0.2, 0.25) is 5.02 Å². The van der Waals surface area contributed by atoms with Crippen molar-refractivity contribution in [3.05, 3.63) is 101 Å². The van der Waals surface area contributed by atoms with Crippen molar-refractivity contribution < 1.29 is 14.0 Å². The van der Waals surface area contributed by atoms with Crippen LogP contribution in [0.5, 0.6) is 0 Å². The lowest BCUT2D eigenvalue weighted by Gasteiger charge is -2.31. The van der Waals surface area contributed by atoms with Crippen LogP contribution in [-0.4, -0.2) is 35.6 Å². The Morgan fingerprint density at radius 3 is 2.33 bits per heavy atom. The van der Waals surface area contributed by atoms with Crippen LogP contribution in [-0.2, 0) is 22.6 Å². The van der Waals surface area contributed by atoms with Gasteiger partial charge >= 0.3 is 0 Å². The summed E-state index contributed by atoms with van der Waals surface area (Å²) in [5, 5.41) is 3.32. The van der Waals surface area contributed by atoms with E-state index in [1.54, 1.807) is 37.4 Å². The second-order valence-corrected chi connectivity index (χ2v) is 9.09. The minimum atomic E-state index is -0.759. The fraction of sp³-hybridized carbons (Fsp3) is 0.231. The summed E-state index contributed by atoms with van der Waals surface area (Å²) in [7, 11) is 1.54. The first kappa shape index (κ1) is 24.8. The number of likely N-dealkylation sites (N-methyl/N-ethyl adjacent to an activating group) is 1. The summed E-state index contributed by atoms with van der Waals surface area (Å²) in [4.78, 5) is 28.7. The van der Waals surface area contributed by atoms with Crippen LogP contribution >= 0.6 is 23.4 Å². The maximum Gasteiger partial charge on any atom is 0.242 e. The van der Waals surface area contributed by atoms with Gasteiger partial charge in [0, 0.05) is 47.7 Å². The molecule has 172 valence electrons. The molecule has 3 aromatic carbocycles. The quantitative estimate of drug-likeness (QED) is 0.395. The predicted octanol–water partition coefficient (Wildman–Crippen LogP) is 5.35. The van der Waals surface area contributed by atoms with Gasteiger partial charge in [-0.05, 0) is 35.9 Å². The van der Waals surface area contributed by atoms with Gasteiger partial charge in [-0.1, -0.05) is 60.1 Å². The summed E-state index contributed by atoms with van der Waals surface area (Å²) >= 11 is 7.47. The number of thioether (sulfide) groups is 1. The number of carbonyl (C=O) groups is 2. The Labute approximate surface area is 203 Å². The minimum Gasteiger partial charge on any atom is -0.357 e. The van der Waals surface area contributed by atoms with Crippen molar-refractivity contribution in [2.45, 2.75) is 30.3 Å². The number of nitrogens with zero attached hydrogens (tertiary/aromatic N) is 1. The summed E-state index contributed by atoms with van der Waals surface area (Å²) in [6.45, 7) is 0.0159. The van der Waals surface area contributed by atoms with Gasteiger partial charge in [-0.25, -0.2) is 4.39 Å². The number of halogens is 2. The maximum absolute atomic E-state index is 14.4. The molecule has 0 spiro atoms. The topological polar surface area (TPSA) is 49.4 Å². The summed E-state index contributed by atoms with van der Waals surface area (Å²) in [5.74, 6) is -0.362. The Bertz CT molecular complexity index is 1060. The standard InChI is InChI=1S/C26H26ClFN2O2S/c1-29-26(32)24(17-19-7-3-2-4-8-19)30(18-20-9-5-6-10-23(20)28)25(31)15-16-33-22-13-11-21(27)12-14-22/h2-14,24H,15-18H2,1H3,(H,29,32). The summed E-state index contributed by atoms with van der Waals surface area (Å²) in [6, 6.07) is 22.5. The van der Waals surface area contributed by atoms with Crippen LogP contribution in [0.15, 0.2) is 83.8 Å². The maximum atomic E-state index is 14.4. The molecule has 0 saturated carbocycles. The monoisotopic (exact) mass is 484 g/mol. The number of hydrogen-bond acceptors (Lipinski definition) is 3. The number of hydrogen-bond donors (Lipinski definition) is 1. The van der Waals surface area contributed by atoms with E-state index in [2.05, 4.69) is 5.32 Å². The molecule has 33 heavy (non-hydrogen) atoms. The third-order valence-electron chi connectivity index (χ3n) is 5.21. The second kappa shape index (κ2) is 12.4. The van der Waals surface area contributed by atoms with E-state index < -0.39 is 11.9 Å². The van der Waals surface area contributed by atoms with E-state index in [0.29, 0.717) is 22.8 Å². The molecule has 0 saturated heterocycles. The van der Waals surface area contributed by atoms with Crippen molar-refractivity contribution >= 4 is 35.2 Å². The van der Waals surface area contributed by atoms with Crippen LogP contribution in [0.3, 0.4) is 0 Å². The van der Waals surface area contributed by atoms with E-state index in [9.17, 15) is 14.0 Å². The van der Waals surface area contributed by atoms with Gasteiger partial charge in [0.1, 0.15) is 11.9 Å². The van der Waals surface area contributed by atoms with Crippen molar-refractivity contribution in [2.24, 2.45) is 0 Å². The van der Waals surface area contributed by atoms with Crippen LogP contribution in [0.4, 0.5) is 4.39 Å². The number of nitrogens with one attached hydrogen (secondary N) is 1. The van der Waals surface area contributed by atoms with Crippen molar-refractivity contribution in [2.75, 3.05) is 12.8 Å². The van der Waals surface area contributed by atoms with Gasteiger partial charge in [-0.3, -0.25) is 9.59 Å². The average molecular weight is 485 g/mol. The lowest BCUT2D eigenvalue weighted by molar-refractivity contribution is -0.140. The Morgan fingerprint density at radius 2 is 1.67 bits per heavy atom. The Kier molecular flexibility index (Phi) is 9.34. The fourth-order valence-corrected chi connectivity index (χ4v) is 4.43. The number of rotatable bonds is 10. The molecule has 0 heterocycles. The third kappa shape index (κ3) is 7.34. The molecular weight excluding hydrogens is 459 g/mol. The zero-order valence-electron chi connectivity index (χ0n) is 18.3. The molecule has 3 aromatic rings. The zero-order valence-corrected chi connectivity index (χ0v) is 19.9. The molecule has 0 aliphatic carbocycles. The van der Waals surface area contributed by atoms with Gasteiger partial charge in [0.15, 0.2) is 0 Å². The van der Waals surface area contributed by atoms with E-state index in [0.717, 1.165) is 10.5 Å². The van der Waals surface area contributed by atoms with Crippen LogP contribution in [0.25, 0.3) is 0 Å². The summed E-state index contributed by atoms with van der Waals surface area (Å²) < 4.78 is 14.4. The summed E-state index contributed by atoms with van der Waals surface area (Å²) in [6.07, 6.45) is 0.551. The number of benzene rings is 3. The molecule has 7 heteroatoms. The highest BCUT2D eigenvalue weighted by Gasteiger charge is 2.30. The molecule has 3 rings (SSSR count). The highest BCUT2D eigenvalue weighted by atomic mass is 35.5. The van der Waals surface area contributed by atoms with Crippen molar-refractivity contribution in [1.82, 2.24) is 10.2 Å². The molecular formula is C26H26ClFN2O2S. The normalized spacial score (nSPS) is 11.6. The largest absolute Gasteiger partial charge is 0.357 e. The third-order valence-corrected chi connectivity index (χ3v) is 6.48. The van der Waals surface area contributed by atoms with Crippen molar-refractivity contribution in [3.63, 3.8) is 0 Å². The fourth-order valence-electron chi connectivity index (χ4n) is 3.46. The Balaban J connectivity index is 1.81. The van der Waals surface area contributed by atoms with Crippen LogP contribution < -0.4 is 5.32 Å². The minimum absolute atomic E-state index is 0.0159. The van der Waals surface area contributed by atoms with Gasteiger partial charge in [-0.2, -0.15) is 0 Å². The van der Waals surface area contributed by atoms with E-state index in [1.807, 2.05) is 42.5 Å². The summed E-state index contributed by atoms with van der Waals surface area (Å²) in [5.41, 5.74) is 1.30. The lowest BCUT2D eigenvalue weighted by atomic mass is 10.0. The van der Waals surface area contributed by atoms with E-state index >= 15 is 0 Å². The van der Waals surface area contributed by atoms with Crippen LogP contribution in [0.1, 0.15) is 17.5 Å². The second-order valence-electron chi connectivity index (χ2n) is 7.49. The zero-order chi connectivity index (χ0) is 23.6. The lowest BCUT2D eigenvalue weighted by Crippen LogP contribution is -2.49. The Hall–Kier alpha value is -2.83. The molecule has 0 aromatic heterocycles. The van der Waals surface area contributed by atoms with Gasteiger partial charge in [-0.15, -0.1) is 11.8 Å². The highest BCUT2D eigenvalue weighted by molar-refractivity contribution is 7.99. The molecule has 0 aliphatic heterocycles. The highest BCUT2D eigenvalue weighted by Crippen LogP contribution is 2.23. The molecule has 0 bridgehead atoms. The molecule has 0 radical (unpaired) electrons. The van der Waals surface area contributed by atoms with E-state index in [1.165, 1.54) is 22.7 Å². The van der Waals surface area contributed by atoms with Gasteiger partial charge in [0.2, 0.25) is 11.8 Å². The van der Waals surface area contributed by atoms with Gasteiger partial charge < -0.3 is 10.2 Å². The van der Waals surface area contributed by atoms with Gasteiger partial charge in [0.05, 0.1) is 0 Å². The smallest absolute Gasteiger partial charge is 0.242 e. The van der Waals surface area contributed by atoms with Crippen molar-refractivity contribution in [3.8, 4) is 0 Å².